The summed E-state index contributed by atoms with van der Waals surface area (Å²) in [5.74, 6) is -0.650. The average Bonchev–Trinajstić information content (AvgIpc) is 2.95. The fraction of sp³-hybridized carbons (Fsp3) is 0.100. The molecule has 0 bridgehead atoms. The Labute approximate surface area is 166 Å². The number of hydrogen-bond donors (Lipinski definition) is 1. The van der Waals surface area contributed by atoms with Gasteiger partial charge in [-0.1, -0.05) is 35.9 Å². The molecule has 1 aromatic heterocycles. The molecule has 0 unspecified atom stereocenters. The second-order valence-corrected chi connectivity index (χ2v) is 6.49. The summed E-state index contributed by atoms with van der Waals surface area (Å²) in [5, 5.41) is 15.6. The number of halogens is 1. The van der Waals surface area contributed by atoms with Crippen LogP contribution in [0, 0.1) is 24.0 Å². The molecular weight excluding hydrogens is 380 g/mol. The van der Waals surface area contributed by atoms with Crippen LogP contribution < -0.4 is 5.43 Å². The Balaban J connectivity index is 1.83. The number of rotatable bonds is 5. The molecular formula is C20H17ClN4O3. The second-order valence-electron chi connectivity index (χ2n) is 6.09. The maximum atomic E-state index is 12.2. The molecule has 7 nitrogen and oxygen atoms in total. The quantitative estimate of drug-likeness (QED) is 0.393. The van der Waals surface area contributed by atoms with Crippen molar-refractivity contribution in [2.75, 3.05) is 0 Å². The Bertz CT molecular complexity index is 1090. The molecule has 8 heteroatoms. The van der Waals surface area contributed by atoms with Gasteiger partial charge in [-0.2, -0.15) is 5.10 Å². The molecule has 1 amide bonds. The number of para-hydroxylation sites is 2. The molecule has 142 valence electrons. The van der Waals surface area contributed by atoms with Gasteiger partial charge in [0.05, 0.1) is 21.8 Å². The first-order chi connectivity index (χ1) is 13.4. The Morgan fingerprint density at radius 3 is 2.57 bits per heavy atom. The van der Waals surface area contributed by atoms with Crippen LogP contribution in [0.3, 0.4) is 0 Å². The molecule has 28 heavy (non-hydrogen) atoms. The third kappa shape index (κ3) is 3.79. The molecule has 0 aliphatic carbocycles. The number of amides is 1. The van der Waals surface area contributed by atoms with Gasteiger partial charge < -0.3 is 4.57 Å². The molecule has 1 heterocycles. The van der Waals surface area contributed by atoms with Gasteiger partial charge in [0.2, 0.25) is 0 Å². The SMILES string of the molecule is Cc1cc(/C=N\NC(=O)c2ccccc2[N+](=O)[O-])c(C)n1-c1ccccc1Cl. The number of carbonyl (C=O) groups excluding carboxylic acids is 1. The van der Waals surface area contributed by atoms with E-state index < -0.39 is 10.8 Å². The van der Waals surface area contributed by atoms with Crippen LogP contribution in [0.4, 0.5) is 5.69 Å². The van der Waals surface area contributed by atoms with Crippen molar-refractivity contribution >= 4 is 29.4 Å². The van der Waals surface area contributed by atoms with Gasteiger partial charge in [0.15, 0.2) is 0 Å². The average molecular weight is 397 g/mol. The summed E-state index contributed by atoms with van der Waals surface area (Å²) in [4.78, 5) is 22.7. The Morgan fingerprint density at radius 2 is 1.86 bits per heavy atom. The van der Waals surface area contributed by atoms with E-state index in [-0.39, 0.29) is 11.3 Å². The Hall–Kier alpha value is -3.45. The van der Waals surface area contributed by atoms with Crippen molar-refractivity contribution in [3.8, 4) is 5.69 Å². The van der Waals surface area contributed by atoms with Gasteiger partial charge >= 0.3 is 0 Å². The lowest BCUT2D eigenvalue weighted by atomic mass is 10.2. The molecule has 0 aliphatic rings. The predicted molar refractivity (Wildman–Crippen MR) is 108 cm³/mol. The topological polar surface area (TPSA) is 89.5 Å². The molecule has 1 N–H and O–H groups in total. The lowest BCUT2D eigenvalue weighted by Gasteiger charge is -2.11. The van der Waals surface area contributed by atoms with Crippen LogP contribution in [0.5, 0.6) is 0 Å². The van der Waals surface area contributed by atoms with E-state index in [0.29, 0.717) is 5.02 Å². The Morgan fingerprint density at radius 1 is 1.18 bits per heavy atom. The predicted octanol–water partition coefficient (Wildman–Crippen LogP) is 4.42. The van der Waals surface area contributed by atoms with Gasteiger partial charge in [-0.3, -0.25) is 14.9 Å². The van der Waals surface area contributed by atoms with Gasteiger partial charge in [-0.05, 0) is 38.1 Å². The van der Waals surface area contributed by atoms with E-state index in [0.717, 1.165) is 22.6 Å². The molecule has 2 aromatic carbocycles. The maximum absolute atomic E-state index is 12.2. The van der Waals surface area contributed by atoms with E-state index in [1.54, 1.807) is 6.07 Å². The minimum atomic E-state index is -0.650. The molecule has 0 spiro atoms. The highest BCUT2D eigenvalue weighted by Crippen LogP contribution is 2.25. The van der Waals surface area contributed by atoms with Crippen molar-refractivity contribution in [3.05, 3.63) is 92.2 Å². The molecule has 0 saturated heterocycles. The maximum Gasteiger partial charge on any atom is 0.282 e. The van der Waals surface area contributed by atoms with E-state index in [2.05, 4.69) is 10.5 Å². The molecule has 0 fully saturated rings. The normalized spacial score (nSPS) is 11.0. The van der Waals surface area contributed by atoms with Crippen LogP contribution in [0.1, 0.15) is 27.3 Å². The van der Waals surface area contributed by atoms with Crippen molar-refractivity contribution < 1.29 is 9.72 Å². The standard InChI is InChI=1S/C20H17ClN4O3/c1-13-11-15(14(2)24(13)19-10-6-4-8-17(19)21)12-22-23-20(26)16-7-3-5-9-18(16)25(27)28/h3-12H,1-2H3,(H,23,26)/b22-12-. The molecule has 3 aromatic rings. The summed E-state index contributed by atoms with van der Waals surface area (Å²) in [7, 11) is 0. The molecule has 0 saturated carbocycles. The monoisotopic (exact) mass is 396 g/mol. The van der Waals surface area contributed by atoms with Crippen molar-refractivity contribution in [1.29, 1.82) is 0 Å². The number of nitro benzene ring substituents is 1. The number of nitro groups is 1. The van der Waals surface area contributed by atoms with E-state index >= 15 is 0 Å². The van der Waals surface area contributed by atoms with E-state index in [1.165, 1.54) is 24.4 Å². The first-order valence-corrected chi connectivity index (χ1v) is 8.78. The van der Waals surface area contributed by atoms with Crippen molar-refractivity contribution in [2.45, 2.75) is 13.8 Å². The van der Waals surface area contributed by atoms with Crippen molar-refractivity contribution in [2.24, 2.45) is 5.10 Å². The highest BCUT2D eigenvalue weighted by Gasteiger charge is 2.18. The molecule has 0 radical (unpaired) electrons. The third-order valence-electron chi connectivity index (χ3n) is 4.28. The lowest BCUT2D eigenvalue weighted by Crippen LogP contribution is -2.19. The number of hydrazone groups is 1. The van der Waals surface area contributed by atoms with Gasteiger partial charge in [-0.15, -0.1) is 0 Å². The number of hydrogen-bond acceptors (Lipinski definition) is 4. The summed E-state index contributed by atoms with van der Waals surface area (Å²) in [5.41, 5.74) is 5.51. The summed E-state index contributed by atoms with van der Waals surface area (Å²) in [6.07, 6.45) is 1.50. The lowest BCUT2D eigenvalue weighted by molar-refractivity contribution is -0.385. The molecule has 0 atom stereocenters. The Kier molecular flexibility index (Phi) is 5.56. The summed E-state index contributed by atoms with van der Waals surface area (Å²) in [6, 6.07) is 15.1. The van der Waals surface area contributed by atoms with E-state index in [1.807, 2.05) is 48.7 Å². The van der Waals surface area contributed by atoms with Gasteiger partial charge in [0, 0.05) is 23.0 Å². The van der Waals surface area contributed by atoms with E-state index in [4.69, 9.17) is 11.6 Å². The van der Waals surface area contributed by atoms with Gasteiger partial charge in [-0.25, -0.2) is 5.43 Å². The van der Waals surface area contributed by atoms with Crippen LogP contribution in [-0.4, -0.2) is 21.6 Å². The number of carbonyl (C=O) groups is 1. The number of nitrogens with zero attached hydrogens (tertiary/aromatic N) is 3. The summed E-state index contributed by atoms with van der Waals surface area (Å²) < 4.78 is 1.99. The zero-order valence-corrected chi connectivity index (χ0v) is 16.0. The highest BCUT2D eigenvalue weighted by atomic mass is 35.5. The van der Waals surface area contributed by atoms with Crippen molar-refractivity contribution in [3.63, 3.8) is 0 Å². The minimum absolute atomic E-state index is 0.0498. The summed E-state index contributed by atoms with van der Waals surface area (Å²) >= 11 is 6.30. The fourth-order valence-corrected chi connectivity index (χ4v) is 3.19. The minimum Gasteiger partial charge on any atom is -0.316 e. The highest BCUT2D eigenvalue weighted by molar-refractivity contribution is 6.32. The fourth-order valence-electron chi connectivity index (χ4n) is 2.97. The van der Waals surface area contributed by atoms with E-state index in [9.17, 15) is 14.9 Å². The van der Waals surface area contributed by atoms with Crippen molar-refractivity contribution in [1.82, 2.24) is 9.99 Å². The number of aryl methyl sites for hydroxylation is 1. The van der Waals surface area contributed by atoms with Crippen LogP contribution in [0.25, 0.3) is 5.69 Å². The second kappa shape index (κ2) is 8.06. The first-order valence-electron chi connectivity index (χ1n) is 8.41. The molecule has 3 rings (SSSR count). The van der Waals surface area contributed by atoms with Crippen LogP contribution >= 0.6 is 11.6 Å². The number of nitrogens with one attached hydrogen (secondary N) is 1. The first kappa shape index (κ1) is 19.3. The smallest absolute Gasteiger partial charge is 0.282 e. The van der Waals surface area contributed by atoms with Gasteiger partial charge in [0.1, 0.15) is 5.56 Å². The summed E-state index contributed by atoms with van der Waals surface area (Å²) in [6.45, 7) is 3.86. The number of benzene rings is 2. The van der Waals surface area contributed by atoms with Crippen LogP contribution in [-0.2, 0) is 0 Å². The largest absolute Gasteiger partial charge is 0.316 e. The molecule has 0 aliphatic heterocycles. The zero-order valence-electron chi connectivity index (χ0n) is 15.2. The number of aromatic nitrogens is 1. The van der Waals surface area contributed by atoms with Crippen LogP contribution in [0.2, 0.25) is 5.02 Å². The van der Waals surface area contributed by atoms with Crippen LogP contribution in [0.15, 0.2) is 59.7 Å². The third-order valence-corrected chi connectivity index (χ3v) is 4.60. The van der Waals surface area contributed by atoms with Gasteiger partial charge in [0.25, 0.3) is 11.6 Å². The zero-order chi connectivity index (χ0) is 20.3.